The summed E-state index contributed by atoms with van der Waals surface area (Å²) in [5, 5.41) is 2.83. The highest BCUT2D eigenvalue weighted by atomic mass is 16.5. The Morgan fingerprint density at radius 3 is 2.25 bits per heavy atom. The lowest BCUT2D eigenvalue weighted by atomic mass is 10.1. The van der Waals surface area contributed by atoms with Crippen LogP contribution in [-0.2, 0) is 4.74 Å². The molecule has 126 valence electrons. The van der Waals surface area contributed by atoms with Gasteiger partial charge in [0.25, 0.3) is 5.91 Å². The summed E-state index contributed by atoms with van der Waals surface area (Å²) in [5.41, 5.74) is 1.45. The number of hydrogen-bond donors (Lipinski definition) is 1. The van der Waals surface area contributed by atoms with Gasteiger partial charge in [-0.15, -0.1) is 0 Å². The summed E-state index contributed by atoms with van der Waals surface area (Å²) in [6, 6.07) is 13.6. The molecule has 0 aliphatic carbocycles. The Hall–Kier alpha value is -2.82. The van der Waals surface area contributed by atoms with Crippen LogP contribution in [0.5, 0.6) is 5.75 Å². The van der Waals surface area contributed by atoms with Crippen molar-refractivity contribution in [3.8, 4) is 5.75 Å². The molecule has 1 N–H and O–H groups in total. The first-order chi connectivity index (χ1) is 11.5. The number of nitrogens with one attached hydrogen (secondary N) is 1. The van der Waals surface area contributed by atoms with Gasteiger partial charge in [0.2, 0.25) is 0 Å². The van der Waals surface area contributed by atoms with Gasteiger partial charge in [0.15, 0.2) is 0 Å². The molecule has 2 aromatic rings. The maximum absolute atomic E-state index is 12.4. The predicted octanol–water partition coefficient (Wildman–Crippen LogP) is 3.76. The zero-order valence-electron chi connectivity index (χ0n) is 14.0. The lowest BCUT2D eigenvalue weighted by molar-refractivity contribution is 0.0600. The van der Waals surface area contributed by atoms with E-state index in [1.165, 1.54) is 7.11 Å². The van der Waals surface area contributed by atoms with Crippen LogP contribution in [0.2, 0.25) is 0 Å². The zero-order chi connectivity index (χ0) is 17.5. The van der Waals surface area contributed by atoms with E-state index in [9.17, 15) is 9.59 Å². The van der Waals surface area contributed by atoms with Gasteiger partial charge in [0, 0.05) is 5.56 Å². The van der Waals surface area contributed by atoms with Crippen molar-refractivity contribution in [3.63, 3.8) is 0 Å². The molecular formula is C19H21NO4. The Kier molecular flexibility index (Phi) is 5.95. The molecule has 0 saturated heterocycles. The summed E-state index contributed by atoms with van der Waals surface area (Å²) in [5.74, 6) is 0.312. The largest absolute Gasteiger partial charge is 0.491 e. The molecule has 0 aliphatic heterocycles. The Morgan fingerprint density at radius 2 is 1.62 bits per heavy atom. The molecule has 0 bridgehead atoms. The molecule has 0 heterocycles. The molecular weight excluding hydrogens is 306 g/mol. The first-order valence-corrected chi connectivity index (χ1v) is 7.73. The highest BCUT2D eigenvalue weighted by Crippen LogP contribution is 2.25. The molecule has 0 aliphatic rings. The van der Waals surface area contributed by atoms with E-state index in [2.05, 4.69) is 23.9 Å². The van der Waals surface area contributed by atoms with Crippen LogP contribution in [0.25, 0.3) is 0 Å². The standard InChI is InChI=1S/C19H21NO4/c1-13(2)12-24-17-7-5-4-6-16(17)20-18(21)14-8-10-15(11-9-14)19(22)23-3/h4-11,13H,12H2,1-3H3,(H,20,21). The fourth-order valence-electron chi connectivity index (χ4n) is 2.02. The highest BCUT2D eigenvalue weighted by Gasteiger charge is 2.12. The molecule has 24 heavy (non-hydrogen) atoms. The first kappa shape index (κ1) is 17.5. The Bertz CT molecular complexity index is 708. The van der Waals surface area contributed by atoms with Crippen molar-refractivity contribution in [1.29, 1.82) is 0 Å². The fraction of sp³-hybridized carbons (Fsp3) is 0.263. The fourth-order valence-corrected chi connectivity index (χ4v) is 2.02. The molecule has 0 fully saturated rings. The third kappa shape index (κ3) is 4.59. The van der Waals surface area contributed by atoms with E-state index in [0.717, 1.165) is 0 Å². The average Bonchev–Trinajstić information content (AvgIpc) is 2.60. The average molecular weight is 327 g/mol. The number of esters is 1. The van der Waals surface area contributed by atoms with Crippen molar-refractivity contribution in [2.24, 2.45) is 5.92 Å². The number of carbonyl (C=O) groups excluding carboxylic acids is 2. The van der Waals surface area contributed by atoms with E-state index in [0.29, 0.717) is 35.1 Å². The number of rotatable bonds is 6. The van der Waals surface area contributed by atoms with Crippen LogP contribution in [0.15, 0.2) is 48.5 Å². The summed E-state index contributed by atoms with van der Waals surface area (Å²) in [6.07, 6.45) is 0. The van der Waals surface area contributed by atoms with Gasteiger partial charge in [-0.1, -0.05) is 26.0 Å². The number of para-hydroxylation sites is 2. The van der Waals surface area contributed by atoms with Gasteiger partial charge in [-0.25, -0.2) is 4.79 Å². The van der Waals surface area contributed by atoms with Gasteiger partial charge in [-0.05, 0) is 42.3 Å². The molecule has 0 atom stereocenters. The minimum absolute atomic E-state index is 0.271. The van der Waals surface area contributed by atoms with Gasteiger partial charge in [-0.2, -0.15) is 0 Å². The summed E-state index contributed by atoms with van der Waals surface area (Å²) in [4.78, 5) is 23.8. The topological polar surface area (TPSA) is 64.6 Å². The SMILES string of the molecule is COC(=O)c1ccc(C(=O)Nc2ccccc2OCC(C)C)cc1. The lowest BCUT2D eigenvalue weighted by Gasteiger charge is -2.14. The summed E-state index contributed by atoms with van der Waals surface area (Å²) >= 11 is 0. The van der Waals surface area contributed by atoms with Crippen molar-refractivity contribution < 1.29 is 19.1 Å². The monoisotopic (exact) mass is 327 g/mol. The minimum Gasteiger partial charge on any atom is -0.491 e. The number of methoxy groups -OCH3 is 1. The molecule has 0 spiro atoms. The second kappa shape index (κ2) is 8.15. The molecule has 0 unspecified atom stereocenters. The van der Waals surface area contributed by atoms with Crippen molar-refractivity contribution >= 4 is 17.6 Å². The van der Waals surface area contributed by atoms with Crippen LogP contribution in [0.1, 0.15) is 34.6 Å². The number of benzene rings is 2. The quantitative estimate of drug-likeness (QED) is 0.821. The van der Waals surface area contributed by atoms with Crippen LogP contribution in [0.4, 0.5) is 5.69 Å². The predicted molar refractivity (Wildman–Crippen MR) is 92.5 cm³/mol. The number of ether oxygens (including phenoxy) is 2. The van der Waals surface area contributed by atoms with Crippen LogP contribution in [0, 0.1) is 5.92 Å². The van der Waals surface area contributed by atoms with E-state index in [4.69, 9.17) is 4.74 Å². The summed E-state index contributed by atoms with van der Waals surface area (Å²) in [7, 11) is 1.32. The maximum atomic E-state index is 12.4. The first-order valence-electron chi connectivity index (χ1n) is 7.73. The highest BCUT2D eigenvalue weighted by molar-refractivity contribution is 6.05. The summed E-state index contributed by atoms with van der Waals surface area (Å²) in [6.45, 7) is 4.69. The molecule has 0 aromatic heterocycles. The zero-order valence-corrected chi connectivity index (χ0v) is 14.0. The minimum atomic E-state index is -0.436. The molecule has 5 heteroatoms. The smallest absolute Gasteiger partial charge is 0.337 e. The Labute approximate surface area is 141 Å². The van der Waals surface area contributed by atoms with E-state index in [1.54, 1.807) is 30.3 Å². The van der Waals surface area contributed by atoms with Crippen LogP contribution >= 0.6 is 0 Å². The summed E-state index contributed by atoms with van der Waals surface area (Å²) < 4.78 is 10.4. The molecule has 1 amide bonds. The van der Waals surface area contributed by atoms with Crippen molar-refractivity contribution in [1.82, 2.24) is 0 Å². The second-order valence-electron chi connectivity index (χ2n) is 5.72. The van der Waals surface area contributed by atoms with Gasteiger partial charge in [-0.3, -0.25) is 4.79 Å². The molecule has 0 radical (unpaired) electrons. The normalized spacial score (nSPS) is 10.3. The van der Waals surface area contributed by atoms with Crippen LogP contribution in [-0.4, -0.2) is 25.6 Å². The lowest BCUT2D eigenvalue weighted by Crippen LogP contribution is -2.14. The van der Waals surface area contributed by atoms with Crippen molar-refractivity contribution in [3.05, 3.63) is 59.7 Å². The van der Waals surface area contributed by atoms with E-state index < -0.39 is 5.97 Å². The molecule has 2 rings (SSSR count). The molecule has 0 saturated carbocycles. The maximum Gasteiger partial charge on any atom is 0.337 e. The van der Waals surface area contributed by atoms with Gasteiger partial charge in [0.05, 0.1) is 25.0 Å². The van der Waals surface area contributed by atoms with Gasteiger partial charge < -0.3 is 14.8 Å². The number of amides is 1. The Morgan fingerprint density at radius 1 is 1.00 bits per heavy atom. The number of anilines is 1. The van der Waals surface area contributed by atoms with E-state index >= 15 is 0 Å². The second-order valence-corrected chi connectivity index (χ2v) is 5.72. The van der Waals surface area contributed by atoms with Gasteiger partial charge in [0.1, 0.15) is 5.75 Å². The van der Waals surface area contributed by atoms with E-state index in [1.807, 2.05) is 18.2 Å². The van der Waals surface area contributed by atoms with Crippen molar-refractivity contribution in [2.45, 2.75) is 13.8 Å². The number of carbonyl (C=O) groups is 2. The van der Waals surface area contributed by atoms with E-state index in [-0.39, 0.29) is 5.91 Å². The van der Waals surface area contributed by atoms with Crippen LogP contribution in [0.3, 0.4) is 0 Å². The third-order valence-corrected chi connectivity index (χ3v) is 3.28. The molecule has 5 nitrogen and oxygen atoms in total. The Balaban J connectivity index is 2.10. The van der Waals surface area contributed by atoms with Gasteiger partial charge >= 0.3 is 5.97 Å². The van der Waals surface area contributed by atoms with Crippen molar-refractivity contribution in [2.75, 3.05) is 19.0 Å². The molecule has 2 aromatic carbocycles. The van der Waals surface area contributed by atoms with Crippen LogP contribution < -0.4 is 10.1 Å². The number of hydrogen-bond acceptors (Lipinski definition) is 4. The third-order valence-electron chi connectivity index (χ3n) is 3.28.